The largest absolute Gasteiger partial charge is 0.335 e. The van der Waals surface area contributed by atoms with Crippen molar-refractivity contribution in [3.8, 4) is 0 Å². The zero-order chi connectivity index (χ0) is 16.8. The van der Waals surface area contributed by atoms with Gasteiger partial charge in [-0.2, -0.15) is 0 Å². The van der Waals surface area contributed by atoms with Crippen LogP contribution in [-0.2, 0) is 6.42 Å². The third-order valence-corrected chi connectivity index (χ3v) is 4.48. The maximum atomic E-state index is 13.2. The molecular weight excluding hydrogens is 293 g/mol. The summed E-state index contributed by atoms with van der Waals surface area (Å²) >= 11 is 0. The number of hydrogen-bond donors (Lipinski definition) is 1. The second-order valence-electron chi connectivity index (χ2n) is 6.64. The van der Waals surface area contributed by atoms with Crippen LogP contribution in [0.15, 0.2) is 24.3 Å². The molecule has 2 rings (SSSR count). The van der Waals surface area contributed by atoms with Crippen molar-refractivity contribution in [2.75, 3.05) is 33.2 Å². The minimum absolute atomic E-state index is 0.00412. The average Bonchev–Trinajstić information content (AvgIpc) is 2.95. The lowest BCUT2D eigenvalue weighted by Crippen LogP contribution is -2.43. The number of halogens is 1. The van der Waals surface area contributed by atoms with Gasteiger partial charge in [-0.15, -0.1) is 0 Å². The molecule has 1 aliphatic heterocycles. The Morgan fingerprint density at radius 2 is 2.30 bits per heavy atom. The normalized spacial score (nSPS) is 19.2. The highest BCUT2D eigenvalue weighted by molar-refractivity contribution is 5.74. The van der Waals surface area contributed by atoms with E-state index in [0.717, 1.165) is 38.2 Å². The van der Waals surface area contributed by atoms with Gasteiger partial charge in [-0.25, -0.2) is 9.18 Å². The Labute approximate surface area is 138 Å². The average molecular weight is 321 g/mol. The van der Waals surface area contributed by atoms with Crippen molar-refractivity contribution in [1.82, 2.24) is 15.1 Å². The number of benzene rings is 1. The lowest BCUT2D eigenvalue weighted by atomic mass is 10.1. The van der Waals surface area contributed by atoms with Crippen molar-refractivity contribution in [2.45, 2.75) is 32.7 Å². The van der Waals surface area contributed by atoms with Crippen LogP contribution in [0.2, 0.25) is 0 Å². The summed E-state index contributed by atoms with van der Waals surface area (Å²) in [6.45, 7) is 7.82. The van der Waals surface area contributed by atoms with Gasteiger partial charge in [0, 0.05) is 25.7 Å². The van der Waals surface area contributed by atoms with E-state index < -0.39 is 0 Å². The van der Waals surface area contributed by atoms with Crippen LogP contribution in [0, 0.1) is 11.7 Å². The molecule has 23 heavy (non-hydrogen) atoms. The Bertz CT molecular complexity index is 523. The molecule has 1 fully saturated rings. The predicted molar refractivity (Wildman–Crippen MR) is 90.9 cm³/mol. The van der Waals surface area contributed by atoms with E-state index in [1.54, 1.807) is 6.07 Å². The topological polar surface area (TPSA) is 35.6 Å². The number of hydrogen-bond acceptors (Lipinski definition) is 2. The molecule has 2 atom stereocenters. The number of carbonyl (C=O) groups excluding carboxylic acids is 1. The summed E-state index contributed by atoms with van der Waals surface area (Å²) in [5.41, 5.74) is 0.904. The number of likely N-dealkylation sites (tertiary alicyclic amines) is 1. The van der Waals surface area contributed by atoms with Gasteiger partial charge in [0.15, 0.2) is 0 Å². The van der Waals surface area contributed by atoms with Crippen LogP contribution < -0.4 is 5.32 Å². The van der Waals surface area contributed by atoms with Crippen molar-refractivity contribution in [3.63, 3.8) is 0 Å². The number of nitrogens with zero attached hydrogens (tertiary/aromatic N) is 2. The summed E-state index contributed by atoms with van der Waals surface area (Å²) in [5, 5.41) is 3.03. The van der Waals surface area contributed by atoms with Crippen LogP contribution in [0.25, 0.3) is 0 Å². The molecule has 1 N–H and O–H groups in total. The van der Waals surface area contributed by atoms with Gasteiger partial charge >= 0.3 is 6.03 Å². The van der Waals surface area contributed by atoms with Crippen LogP contribution in [0.4, 0.5) is 9.18 Å². The molecule has 0 aliphatic carbocycles. The van der Waals surface area contributed by atoms with Crippen molar-refractivity contribution < 1.29 is 9.18 Å². The number of carbonyl (C=O) groups is 1. The SMILES string of the molecule is CCN(C)C[C@H]1CCN(C(=O)N[C@@H](C)Cc2cccc(F)c2)C1. The highest BCUT2D eigenvalue weighted by Gasteiger charge is 2.27. The molecule has 0 saturated carbocycles. The van der Waals surface area contributed by atoms with Gasteiger partial charge in [0.05, 0.1) is 0 Å². The van der Waals surface area contributed by atoms with E-state index in [4.69, 9.17) is 0 Å². The summed E-state index contributed by atoms with van der Waals surface area (Å²) < 4.78 is 13.2. The Hall–Kier alpha value is -1.62. The fourth-order valence-electron chi connectivity index (χ4n) is 3.11. The number of nitrogens with one attached hydrogen (secondary N) is 1. The van der Waals surface area contributed by atoms with Crippen molar-refractivity contribution in [1.29, 1.82) is 0 Å². The minimum Gasteiger partial charge on any atom is -0.335 e. The molecule has 1 aromatic rings. The fraction of sp³-hybridized carbons (Fsp3) is 0.611. The Morgan fingerprint density at radius 3 is 3.00 bits per heavy atom. The quantitative estimate of drug-likeness (QED) is 0.874. The Balaban J connectivity index is 1.78. The van der Waals surface area contributed by atoms with Gasteiger partial charge in [0.2, 0.25) is 0 Å². The summed E-state index contributed by atoms with van der Waals surface area (Å²) in [7, 11) is 2.11. The monoisotopic (exact) mass is 321 g/mol. The minimum atomic E-state index is -0.233. The van der Waals surface area contributed by atoms with Gasteiger partial charge in [-0.05, 0) is 57.0 Å². The summed E-state index contributed by atoms with van der Waals surface area (Å²) in [4.78, 5) is 16.5. The number of urea groups is 1. The van der Waals surface area contributed by atoms with Crippen LogP contribution in [-0.4, -0.2) is 55.1 Å². The summed E-state index contributed by atoms with van der Waals surface area (Å²) in [5.74, 6) is 0.327. The second-order valence-corrected chi connectivity index (χ2v) is 6.64. The van der Waals surface area contributed by atoms with Crippen LogP contribution in [0.3, 0.4) is 0 Å². The van der Waals surface area contributed by atoms with Crippen molar-refractivity contribution in [3.05, 3.63) is 35.6 Å². The molecule has 0 spiro atoms. The van der Waals surface area contributed by atoms with E-state index in [-0.39, 0.29) is 17.9 Å². The smallest absolute Gasteiger partial charge is 0.317 e. The first-order chi connectivity index (χ1) is 11.0. The lowest BCUT2D eigenvalue weighted by Gasteiger charge is -2.22. The molecule has 0 aromatic heterocycles. The molecular formula is C18H28FN3O. The first-order valence-corrected chi connectivity index (χ1v) is 8.46. The van der Waals surface area contributed by atoms with Crippen LogP contribution in [0.1, 0.15) is 25.8 Å². The summed E-state index contributed by atoms with van der Waals surface area (Å²) in [6, 6.07) is 6.53. The molecule has 1 aliphatic rings. The first kappa shape index (κ1) is 17.7. The Morgan fingerprint density at radius 1 is 1.52 bits per heavy atom. The highest BCUT2D eigenvalue weighted by atomic mass is 19.1. The molecule has 4 nitrogen and oxygen atoms in total. The maximum absolute atomic E-state index is 13.2. The lowest BCUT2D eigenvalue weighted by molar-refractivity contribution is 0.201. The van der Waals surface area contributed by atoms with E-state index in [2.05, 4.69) is 24.2 Å². The van der Waals surface area contributed by atoms with Crippen molar-refractivity contribution in [2.24, 2.45) is 5.92 Å². The maximum Gasteiger partial charge on any atom is 0.317 e. The molecule has 5 heteroatoms. The van der Waals surface area contributed by atoms with Crippen LogP contribution >= 0.6 is 0 Å². The Kier molecular flexibility index (Phi) is 6.39. The zero-order valence-electron chi connectivity index (χ0n) is 14.4. The molecule has 1 heterocycles. The van der Waals surface area contributed by atoms with Gasteiger partial charge in [-0.3, -0.25) is 0 Å². The predicted octanol–water partition coefficient (Wildman–Crippen LogP) is 2.74. The second kappa shape index (κ2) is 8.29. The zero-order valence-corrected chi connectivity index (χ0v) is 14.4. The van der Waals surface area contributed by atoms with E-state index in [1.807, 2.05) is 17.9 Å². The van der Waals surface area contributed by atoms with Gasteiger partial charge in [0.25, 0.3) is 0 Å². The molecule has 0 bridgehead atoms. The molecule has 0 unspecified atom stereocenters. The molecule has 1 aromatic carbocycles. The van der Waals surface area contributed by atoms with E-state index >= 15 is 0 Å². The van der Waals surface area contributed by atoms with Crippen LogP contribution in [0.5, 0.6) is 0 Å². The van der Waals surface area contributed by atoms with Gasteiger partial charge in [0.1, 0.15) is 5.82 Å². The third kappa shape index (κ3) is 5.50. The fourth-order valence-corrected chi connectivity index (χ4v) is 3.11. The number of amides is 2. The highest BCUT2D eigenvalue weighted by Crippen LogP contribution is 2.17. The first-order valence-electron chi connectivity index (χ1n) is 8.46. The van der Waals surface area contributed by atoms with Crippen molar-refractivity contribution >= 4 is 6.03 Å². The standard InChI is InChI=1S/C18H28FN3O/c1-4-21(3)12-16-8-9-22(13-16)18(23)20-14(2)10-15-6-5-7-17(19)11-15/h5-7,11,14,16H,4,8-10,12-13H2,1-3H3,(H,20,23)/t14-,16+/m0/s1. The molecule has 0 radical (unpaired) electrons. The molecule has 1 saturated heterocycles. The van der Waals surface area contributed by atoms with E-state index in [9.17, 15) is 9.18 Å². The molecule has 2 amide bonds. The van der Waals surface area contributed by atoms with Gasteiger partial charge < -0.3 is 15.1 Å². The van der Waals surface area contributed by atoms with E-state index in [1.165, 1.54) is 12.1 Å². The summed E-state index contributed by atoms with van der Waals surface area (Å²) in [6.07, 6.45) is 1.70. The number of rotatable bonds is 6. The van der Waals surface area contributed by atoms with E-state index in [0.29, 0.717) is 12.3 Å². The van der Waals surface area contributed by atoms with Gasteiger partial charge in [-0.1, -0.05) is 19.1 Å². The molecule has 128 valence electrons. The third-order valence-electron chi connectivity index (χ3n) is 4.48.